The van der Waals surface area contributed by atoms with Crippen LogP contribution in [0.2, 0.25) is 0 Å². The monoisotopic (exact) mass is 442 g/mol. The lowest BCUT2D eigenvalue weighted by molar-refractivity contribution is 0.474. The minimum atomic E-state index is -4.25. The van der Waals surface area contributed by atoms with Crippen LogP contribution in [-0.2, 0) is 10.1 Å². The molecule has 0 aliphatic rings. The lowest BCUT2D eigenvalue weighted by Gasteiger charge is -2.28. The summed E-state index contributed by atoms with van der Waals surface area (Å²) in [4.78, 5) is 0. The van der Waals surface area contributed by atoms with Crippen LogP contribution in [-0.4, -0.2) is 37.6 Å². The van der Waals surface area contributed by atoms with Crippen molar-refractivity contribution in [2.24, 2.45) is 0 Å². The van der Waals surface area contributed by atoms with Gasteiger partial charge in [0.15, 0.2) is 0 Å². The molecule has 0 spiro atoms. The van der Waals surface area contributed by atoms with E-state index in [0.29, 0.717) is 11.0 Å². The van der Waals surface area contributed by atoms with E-state index in [1.165, 1.54) is 57.4 Å². The molecule has 168 valence electrons. The summed E-state index contributed by atoms with van der Waals surface area (Å²) in [5.41, 5.74) is 0.692. The van der Waals surface area contributed by atoms with Crippen molar-refractivity contribution < 1.29 is 13.0 Å². The van der Waals surface area contributed by atoms with E-state index in [0.717, 1.165) is 0 Å². The van der Waals surface area contributed by atoms with Gasteiger partial charge in [-0.2, -0.15) is 0 Å². The van der Waals surface area contributed by atoms with Crippen molar-refractivity contribution in [2.75, 3.05) is 24.6 Å². The summed E-state index contributed by atoms with van der Waals surface area (Å²) in [5.74, 6) is 0. The highest BCUT2D eigenvalue weighted by molar-refractivity contribution is 7.88. The Kier molecular flexibility index (Phi) is 16.6. The SMILES string of the molecule is CCCC[P+](CCCC)(CCCC)CCCC.O=S(=O)([O-])C=Cc1ccccc1. The molecule has 0 saturated carbocycles. The molecule has 0 amide bonds. The Labute approximate surface area is 181 Å². The first-order valence-electron chi connectivity index (χ1n) is 11.4. The minimum absolute atomic E-state index is 0.562. The summed E-state index contributed by atoms with van der Waals surface area (Å²) in [6, 6.07) is 8.75. The second-order valence-corrected chi connectivity index (χ2v) is 13.6. The molecule has 0 aliphatic carbocycles. The van der Waals surface area contributed by atoms with Crippen LogP contribution < -0.4 is 0 Å². The summed E-state index contributed by atoms with van der Waals surface area (Å²) >= 11 is 0. The zero-order valence-electron chi connectivity index (χ0n) is 19.1. The van der Waals surface area contributed by atoms with Crippen LogP contribution in [0.3, 0.4) is 0 Å². The van der Waals surface area contributed by atoms with Crippen LogP contribution in [0.5, 0.6) is 0 Å². The van der Waals surface area contributed by atoms with Crippen LogP contribution in [0, 0.1) is 0 Å². The van der Waals surface area contributed by atoms with Crippen molar-refractivity contribution in [1.82, 2.24) is 0 Å². The van der Waals surface area contributed by atoms with Gasteiger partial charge in [-0.15, -0.1) is 0 Å². The zero-order valence-corrected chi connectivity index (χ0v) is 20.8. The molecule has 3 nitrogen and oxygen atoms in total. The Morgan fingerprint density at radius 2 is 1.14 bits per heavy atom. The smallest absolute Gasteiger partial charge is 0.117 e. The van der Waals surface area contributed by atoms with E-state index in [2.05, 4.69) is 27.7 Å². The molecule has 0 atom stereocenters. The van der Waals surface area contributed by atoms with Crippen LogP contribution in [0.15, 0.2) is 35.7 Å². The fraction of sp³-hybridized carbons (Fsp3) is 0.667. The van der Waals surface area contributed by atoms with E-state index >= 15 is 0 Å². The summed E-state index contributed by atoms with van der Waals surface area (Å²) in [6.45, 7) is 9.42. The minimum Gasteiger partial charge on any atom is -0.744 e. The van der Waals surface area contributed by atoms with E-state index in [1.807, 2.05) is 6.07 Å². The summed E-state index contributed by atoms with van der Waals surface area (Å²) < 4.78 is 30.5. The van der Waals surface area contributed by atoms with E-state index < -0.39 is 17.4 Å². The highest BCUT2D eigenvalue weighted by Gasteiger charge is 2.34. The molecule has 0 N–H and O–H groups in total. The van der Waals surface area contributed by atoms with Crippen LogP contribution in [0.1, 0.15) is 84.6 Å². The van der Waals surface area contributed by atoms with Crippen molar-refractivity contribution in [3.8, 4) is 0 Å². The predicted octanol–water partition coefficient (Wildman–Crippen LogP) is 7.41. The summed E-state index contributed by atoms with van der Waals surface area (Å²) in [5, 5.41) is 0.641. The lowest BCUT2D eigenvalue weighted by Crippen LogP contribution is -2.12. The molecule has 0 heterocycles. The number of rotatable bonds is 14. The van der Waals surface area contributed by atoms with Gasteiger partial charge in [0.05, 0.1) is 24.6 Å². The third-order valence-electron chi connectivity index (χ3n) is 5.17. The van der Waals surface area contributed by atoms with Crippen molar-refractivity contribution >= 4 is 23.5 Å². The maximum Gasteiger partial charge on any atom is 0.117 e. The maximum atomic E-state index is 10.2. The van der Waals surface area contributed by atoms with Crippen molar-refractivity contribution in [3.63, 3.8) is 0 Å². The number of hydrogen-bond donors (Lipinski definition) is 0. The third-order valence-corrected chi connectivity index (χ3v) is 10.7. The topological polar surface area (TPSA) is 57.2 Å². The van der Waals surface area contributed by atoms with Gasteiger partial charge >= 0.3 is 0 Å². The Morgan fingerprint density at radius 3 is 1.45 bits per heavy atom. The van der Waals surface area contributed by atoms with Crippen molar-refractivity contribution in [1.29, 1.82) is 0 Å². The van der Waals surface area contributed by atoms with Gasteiger partial charge in [-0.3, -0.25) is 0 Å². The molecule has 1 aromatic carbocycles. The first-order valence-corrected chi connectivity index (χ1v) is 15.4. The average Bonchev–Trinajstić information content (AvgIpc) is 2.72. The molecule has 0 bridgehead atoms. The molecule has 29 heavy (non-hydrogen) atoms. The van der Waals surface area contributed by atoms with Gasteiger partial charge in [-0.1, -0.05) is 83.7 Å². The fourth-order valence-corrected chi connectivity index (χ4v) is 8.98. The molecule has 0 aromatic heterocycles. The highest BCUT2D eigenvalue weighted by atomic mass is 32.2. The molecule has 5 heteroatoms. The lowest BCUT2D eigenvalue weighted by atomic mass is 10.2. The molecule has 0 aliphatic heterocycles. The van der Waals surface area contributed by atoms with Crippen molar-refractivity contribution in [3.05, 3.63) is 41.3 Å². The second kappa shape index (κ2) is 17.0. The van der Waals surface area contributed by atoms with E-state index in [9.17, 15) is 13.0 Å². The fourth-order valence-electron chi connectivity index (χ4n) is 3.37. The molecular weight excluding hydrogens is 399 g/mol. The Hall–Kier alpha value is -0.700. The third kappa shape index (κ3) is 15.8. The maximum absolute atomic E-state index is 10.2. The number of benzene rings is 1. The van der Waals surface area contributed by atoms with Crippen LogP contribution >= 0.6 is 7.26 Å². The molecule has 0 radical (unpaired) electrons. The summed E-state index contributed by atoms with van der Waals surface area (Å²) in [7, 11) is -4.82. The highest BCUT2D eigenvalue weighted by Crippen LogP contribution is 2.61. The molecule has 1 rings (SSSR count). The van der Waals surface area contributed by atoms with Gasteiger partial charge in [0.25, 0.3) is 0 Å². The number of hydrogen-bond acceptors (Lipinski definition) is 3. The largest absolute Gasteiger partial charge is 0.744 e. The quantitative estimate of drug-likeness (QED) is 0.223. The average molecular weight is 443 g/mol. The van der Waals surface area contributed by atoms with Gasteiger partial charge in [-0.05, 0) is 37.3 Å². The van der Waals surface area contributed by atoms with Crippen LogP contribution in [0.25, 0.3) is 6.08 Å². The molecule has 1 aromatic rings. The molecule has 0 fully saturated rings. The molecule has 0 saturated heterocycles. The van der Waals surface area contributed by atoms with E-state index in [4.69, 9.17) is 0 Å². The Morgan fingerprint density at radius 1 is 0.759 bits per heavy atom. The first-order chi connectivity index (χ1) is 13.8. The zero-order chi connectivity index (χ0) is 22.0. The van der Waals surface area contributed by atoms with Crippen LogP contribution in [0.4, 0.5) is 0 Å². The van der Waals surface area contributed by atoms with Gasteiger partial charge in [-0.25, -0.2) is 8.42 Å². The standard InChI is InChI=1S/C16H36P.C8H8O3S/c1-5-9-13-17(14-10-6-2,15-11-7-3)16-12-8-4;9-12(10,11)7-6-8-4-2-1-3-5-8/h5-16H2,1-4H3;1-7H,(H,9,10,11)/q+1;/p-1. The molecular formula is C24H43O3PS. The van der Waals surface area contributed by atoms with Gasteiger partial charge < -0.3 is 4.55 Å². The van der Waals surface area contributed by atoms with Crippen molar-refractivity contribution in [2.45, 2.75) is 79.1 Å². The first kappa shape index (κ1) is 28.3. The van der Waals surface area contributed by atoms with Gasteiger partial charge in [0.2, 0.25) is 0 Å². The Balaban J connectivity index is 0.000000571. The van der Waals surface area contributed by atoms with E-state index in [-0.39, 0.29) is 0 Å². The van der Waals surface area contributed by atoms with Gasteiger partial charge in [0, 0.05) is 12.7 Å². The predicted molar refractivity (Wildman–Crippen MR) is 131 cm³/mol. The molecule has 0 unspecified atom stereocenters. The van der Waals surface area contributed by atoms with Gasteiger partial charge in [0.1, 0.15) is 10.1 Å². The summed E-state index contributed by atoms with van der Waals surface area (Å²) in [6.07, 6.45) is 19.2. The second-order valence-electron chi connectivity index (χ2n) is 7.86. The number of unbranched alkanes of at least 4 members (excludes halogenated alkanes) is 4. The normalized spacial score (nSPS) is 12.0. The Bertz CT molecular complexity index is 589. The van der Waals surface area contributed by atoms with E-state index in [1.54, 1.807) is 48.9 Å².